The highest BCUT2D eigenvalue weighted by Gasteiger charge is 2.30. The Kier molecular flexibility index (Phi) is 2.89. The van der Waals surface area contributed by atoms with Gasteiger partial charge in [-0.15, -0.1) is 0 Å². The van der Waals surface area contributed by atoms with Crippen molar-refractivity contribution in [3.8, 4) is 0 Å². The summed E-state index contributed by atoms with van der Waals surface area (Å²) in [6.07, 6.45) is 0.192. The van der Waals surface area contributed by atoms with E-state index in [4.69, 9.17) is 0 Å². The second-order valence-electron chi connectivity index (χ2n) is 4.19. The van der Waals surface area contributed by atoms with Crippen LogP contribution in [0, 0.1) is 0 Å². The third kappa shape index (κ3) is 2.11. The molecule has 0 aromatic heterocycles. The fourth-order valence-corrected chi connectivity index (χ4v) is 2.16. The largest absolute Gasteiger partial charge is 0.389 e. The average Bonchev–Trinajstić information content (AvgIpc) is 2.26. The summed E-state index contributed by atoms with van der Waals surface area (Å²) in [5.41, 5.74) is 1.74. The third-order valence-corrected chi connectivity index (χ3v) is 3.14. The Morgan fingerprint density at radius 2 is 1.53 bits per heavy atom. The minimum absolute atomic E-state index is 0.238. The number of aliphatic hydroxyl groups is 2. The molecule has 2 N–H and O–H groups in total. The minimum atomic E-state index is -0.570. The summed E-state index contributed by atoms with van der Waals surface area (Å²) in [7, 11) is 0. The van der Waals surface area contributed by atoms with Gasteiger partial charge in [-0.05, 0) is 29.9 Å². The van der Waals surface area contributed by atoms with E-state index in [1.54, 1.807) is 0 Å². The predicted molar refractivity (Wildman–Crippen MR) is 59.6 cm³/mol. The lowest BCUT2D eigenvalue weighted by Gasteiger charge is -2.32. The highest BCUT2D eigenvalue weighted by molar-refractivity contribution is 5.24. The van der Waals surface area contributed by atoms with Crippen LogP contribution in [-0.4, -0.2) is 22.4 Å². The molecule has 2 nitrogen and oxygen atoms in total. The number of rotatable bonds is 1. The van der Waals surface area contributed by atoms with Crippen LogP contribution < -0.4 is 0 Å². The van der Waals surface area contributed by atoms with Crippen LogP contribution in [0.4, 0.5) is 0 Å². The van der Waals surface area contributed by atoms with E-state index >= 15 is 0 Å². The van der Waals surface area contributed by atoms with Crippen molar-refractivity contribution < 1.29 is 10.2 Å². The Labute approximate surface area is 89.9 Å². The number of hydrogen-bond donors (Lipinski definition) is 2. The van der Waals surface area contributed by atoms with E-state index in [2.05, 4.69) is 6.58 Å². The van der Waals surface area contributed by atoms with Crippen molar-refractivity contribution in [2.45, 2.75) is 31.0 Å². The number of benzene rings is 1. The lowest BCUT2D eigenvalue weighted by atomic mass is 9.79. The standard InChI is InChI=1S/C13H16O2/c1-9-12(14)7-11(8-13(9)15)10-5-3-2-4-6-10/h2-6,11-15H,1,7-8H2. The molecule has 0 spiro atoms. The van der Waals surface area contributed by atoms with E-state index in [9.17, 15) is 10.2 Å². The van der Waals surface area contributed by atoms with Gasteiger partial charge < -0.3 is 10.2 Å². The van der Waals surface area contributed by atoms with Crippen LogP contribution in [0.1, 0.15) is 24.3 Å². The quantitative estimate of drug-likeness (QED) is 0.685. The summed E-state index contributed by atoms with van der Waals surface area (Å²) < 4.78 is 0. The van der Waals surface area contributed by atoms with Gasteiger partial charge >= 0.3 is 0 Å². The Morgan fingerprint density at radius 1 is 1.00 bits per heavy atom. The Hall–Kier alpha value is -1.12. The van der Waals surface area contributed by atoms with E-state index in [1.807, 2.05) is 30.3 Å². The van der Waals surface area contributed by atoms with Crippen LogP contribution >= 0.6 is 0 Å². The third-order valence-electron chi connectivity index (χ3n) is 3.14. The van der Waals surface area contributed by atoms with Crippen LogP contribution in [-0.2, 0) is 0 Å². The Bertz CT molecular complexity index is 331. The lowest BCUT2D eigenvalue weighted by molar-refractivity contribution is 0.0899. The molecule has 1 saturated carbocycles. The molecule has 0 radical (unpaired) electrons. The maximum Gasteiger partial charge on any atom is 0.0778 e. The summed E-state index contributed by atoms with van der Waals surface area (Å²) in [6, 6.07) is 10.0. The topological polar surface area (TPSA) is 40.5 Å². The zero-order chi connectivity index (χ0) is 10.8. The first-order chi connectivity index (χ1) is 7.18. The first kappa shape index (κ1) is 10.4. The fourth-order valence-electron chi connectivity index (χ4n) is 2.16. The highest BCUT2D eigenvalue weighted by Crippen LogP contribution is 2.34. The predicted octanol–water partition coefficient (Wildman–Crippen LogP) is 1.84. The maximum atomic E-state index is 9.72. The van der Waals surface area contributed by atoms with Gasteiger partial charge in [0.25, 0.3) is 0 Å². The maximum absolute atomic E-state index is 9.72. The molecular formula is C13H16O2. The van der Waals surface area contributed by atoms with Crippen molar-refractivity contribution in [1.82, 2.24) is 0 Å². The number of hydrogen-bond acceptors (Lipinski definition) is 2. The summed E-state index contributed by atoms with van der Waals surface area (Å²) in [5.74, 6) is 0.238. The Morgan fingerprint density at radius 3 is 2.07 bits per heavy atom. The van der Waals surface area contributed by atoms with Gasteiger partial charge in [-0.3, -0.25) is 0 Å². The van der Waals surface area contributed by atoms with Crippen LogP contribution in [0.15, 0.2) is 42.5 Å². The summed E-state index contributed by atoms with van der Waals surface area (Å²) >= 11 is 0. The highest BCUT2D eigenvalue weighted by atomic mass is 16.3. The number of aliphatic hydroxyl groups excluding tert-OH is 2. The molecule has 2 atom stereocenters. The molecule has 2 unspecified atom stereocenters. The van der Waals surface area contributed by atoms with Gasteiger partial charge in [-0.2, -0.15) is 0 Å². The smallest absolute Gasteiger partial charge is 0.0778 e. The monoisotopic (exact) mass is 204 g/mol. The second-order valence-corrected chi connectivity index (χ2v) is 4.19. The molecule has 0 amide bonds. The van der Waals surface area contributed by atoms with E-state index in [1.165, 1.54) is 5.56 Å². The van der Waals surface area contributed by atoms with E-state index in [0.717, 1.165) is 0 Å². The fraction of sp³-hybridized carbons (Fsp3) is 0.385. The van der Waals surface area contributed by atoms with Gasteiger partial charge in [-0.1, -0.05) is 36.9 Å². The zero-order valence-corrected chi connectivity index (χ0v) is 8.63. The SMILES string of the molecule is C=C1C(O)CC(c2ccccc2)CC1O. The molecule has 0 aliphatic heterocycles. The van der Waals surface area contributed by atoms with Gasteiger partial charge in [0, 0.05) is 0 Å². The van der Waals surface area contributed by atoms with Crippen molar-refractivity contribution in [2.24, 2.45) is 0 Å². The van der Waals surface area contributed by atoms with Crippen molar-refractivity contribution >= 4 is 0 Å². The molecular weight excluding hydrogens is 188 g/mol. The molecule has 1 aromatic carbocycles. The zero-order valence-electron chi connectivity index (χ0n) is 8.63. The molecule has 0 heterocycles. The molecule has 1 aliphatic rings. The first-order valence-corrected chi connectivity index (χ1v) is 5.28. The Balaban J connectivity index is 2.16. The van der Waals surface area contributed by atoms with Crippen molar-refractivity contribution in [3.63, 3.8) is 0 Å². The van der Waals surface area contributed by atoms with Crippen molar-refractivity contribution in [1.29, 1.82) is 0 Å². The molecule has 0 bridgehead atoms. The van der Waals surface area contributed by atoms with Crippen molar-refractivity contribution in [3.05, 3.63) is 48.0 Å². The molecule has 80 valence electrons. The molecule has 1 aromatic rings. The molecule has 1 aliphatic carbocycles. The van der Waals surface area contributed by atoms with Crippen molar-refractivity contribution in [2.75, 3.05) is 0 Å². The molecule has 0 saturated heterocycles. The molecule has 2 heteroatoms. The molecule has 15 heavy (non-hydrogen) atoms. The lowest BCUT2D eigenvalue weighted by Crippen LogP contribution is -2.31. The minimum Gasteiger partial charge on any atom is -0.389 e. The molecule has 2 rings (SSSR count). The van der Waals surface area contributed by atoms with Crippen LogP contribution in [0.25, 0.3) is 0 Å². The second kappa shape index (κ2) is 4.17. The van der Waals surface area contributed by atoms with Gasteiger partial charge in [-0.25, -0.2) is 0 Å². The van der Waals surface area contributed by atoms with Crippen LogP contribution in [0.5, 0.6) is 0 Å². The van der Waals surface area contributed by atoms with E-state index < -0.39 is 12.2 Å². The van der Waals surface area contributed by atoms with E-state index in [0.29, 0.717) is 18.4 Å². The first-order valence-electron chi connectivity index (χ1n) is 5.28. The van der Waals surface area contributed by atoms with Crippen LogP contribution in [0.2, 0.25) is 0 Å². The van der Waals surface area contributed by atoms with Crippen LogP contribution in [0.3, 0.4) is 0 Å². The average molecular weight is 204 g/mol. The van der Waals surface area contributed by atoms with Gasteiger partial charge in [0.15, 0.2) is 0 Å². The summed E-state index contributed by atoms with van der Waals surface area (Å²) in [6.45, 7) is 3.70. The van der Waals surface area contributed by atoms with Gasteiger partial charge in [0.1, 0.15) is 0 Å². The van der Waals surface area contributed by atoms with Gasteiger partial charge in [0.05, 0.1) is 12.2 Å². The summed E-state index contributed by atoms with van der Waals surface area (Å²) in [4.78, 5) is 0. The van der Waals surface area contributed by atoms with E-state index in [-0.39, 0.29) is 5.92 Å². The van der Waals surface area contributed by atoms with Gasteiger partial charge in [0.2, 0.25) is 0 Å². The summed E-state index contributed by atoms with van der Waals surface area (Å²) in [5, 5.41) is 19.4. The molecule has 1 fully saturated rings. The normalized spacial score (nSPS) is 31.6.